The number of ether oxygens (including phenoxy) is 1. The van der Waals surface area contributed by atoms with Crippen molar-refractivity contribution in [3.05, 3.63) is 72.1 Å². The maximum absolute atomic E-state index is 10.6. The van der Waals surface area contributed by atoms with Crippen molar-refractivity contribution in [2.45, 2.75) is 13.0 Å². The zero-order valence-electron chi connectivity index (χ0n) is 11.9. The highest BCUT2D eigenvalue weighted by atomic mass is 16.5. The number of fused-ring (bicyclic) bond motifs is 1. The van der Waals surface area contributed by atoms with Gasteiger partial charge in [-0.15, -0.1) is 0 Å². The van der Waals surface area contributed by atoms with Crippen LogP contribution in [-0.4, -0.2) is 16.7 Å². The average molecular weight is 279 g/mol. The van der Waals surface area contributed by atoms with Gasteiger partial charge in [-0.05, 0) is 30.0 Å². The average Bonchev–Trinajstić information content (AvgIpc) is 2.55. The van der Waals surface area contributed by atoms with Gasteiger partial charge in [0.2, 0.25) is 0 Å². The quantitative estimate of drug-likeness (QED) is 0.791. The molecule has 1 heterocycles. The molecule has 2 aromatic carbocycles. The van der Waals surface area contributed by atoms with Crippen molar-refractivity contribution in [2.24, 2.45) is 0 Å². The van der Waals surface area contributed by atoms with Gasteiger partial charge in [-0.2, -0.15) is 0 Å². The molecule has 1 aromatic heterocycles. The first-order valence-corrected chi connectivity index (χ1v) is 7.03. The van der Waals surface area contributed by atoms with Gasteiger partial charge in [-0.25, -0.2) is 0 Å². The predicted octanol–water partition coefficient (Wildman–Crippen LogP) is 3.72. The number of nitrogens with zero attached hydrogens (tertiary/aromatic N) is 1. The van der Waals surface area contributed by atoms with Crippen LogP contribution in [-0.2, 0) is 0 Å². The van der Waals surface area contributed by atoms with Crippen LogP contribution in [0.2, 0.25) is 0 Å². The molecule has 0 saturated carbocycles. The number of hydrogen-bond donors (Lipinski definition) is 1. The molecule has 21 heavy (non-hydrogen) atoms. The summed E-state index contributed by atoms with van der Waals surface area (Å²) in [5.41, 5.74) is 1.65. The third-order valence-corrected chi connectivity index (χ3v) is 3.50. The molecule has 0 bridgehead atoms. The lowest BCUT2D eigenvalue weighted by Gasteiger charge is -2.14. The normalized spacial score (nSPS) is 12.3. The second-order valence-electron chi connectivity index (χ2n) is 4.85. The standard InChI is InChI=1S/C18H17NO2/c1-2-21-15-9-7-13(8-10-15)18(20)17-12-19-11-14-5-3-4-6-16(14)17/h3-12,18,20H,2H2,1H3. The molecule has 0 spiro atoms. The first-order chi connectivity index (χ1) is 10.3. The Labute approximate surface area is 123 Å². The monoisotopic (exact) mass is 279 g/mol. The van der Waals surface area contributed by atoms with Gasteiger partial charge in [0, 0.05) is 23.3 Å². The Balaban J connectivity index is 1.98. The number of hydrogen-bond acceptors (Lipinski definition) is 3. The van der Waals surface area contributed by atoms with Crippen molar-refractivity contribution in [1.29, 1.82) is 0 Å². The summed E-state index contributed by atoms with van der Waals surface area (Å²) in [6.07, 6.45) is 2.84. The fourth-order valence-electron chi connectivity index (χ4n) is 2.45. The summed E-state index contributed by atoms with van der Waals surface area (Å²) in [5.74, 6) is 0.810. The van der Waals surface area contributed by atoms with Crippen LogP contribution in [0, 0.1) is 0 Å². The highest BCUT2D eigenvalue weighted by Gasteiger charge is 2.14. The predicted molar refractivity (Wildman–Crippen MR) is 83.4 cm³/mol. The lowest BCUT2D eigenvalue weighted by molar-refractivity contribution is 0.221. The first kappa shape index (κ1) is 13.6. The molecular weight excluding hydrogens is 262 g/mol. The smallest absolute Gasteiger partial charge is 0.119 e. The fourth-order valence-corrected chi connectivity index (χ4v) is 2.45. The van der Waals surface area contributed by atoms with Crippen LogP contribution in [0.1, 0.15) is 24.2 Å². The molecule has 0 aliphatic rings. The molecule has 0 amide bonds. The maximum Gasteiger partial charge on any atom is 0.119 e. The molecule has 1 unspecified atom stereocenters. The van der Waals surface area contributed by atoms with Crippen LogP contribution < -0.4 is 4.74 Å². The topological polar surface area (TPSA) is 42.4 Å². The van der Waals surface area contributed by atoms with E-state index in [1.165, 1.54) is 0 Å². The van der Waals surface area contributed by atoms with Crippen LogP contribution in [0.3, 0.4) is 0 Å². The van der Waals surface area contributed by atoms with E-state index >= 15 is 0 Å². The van der Waals surface area contributed by atoms with Crippen molar-refractivity contribution in [3.8, 4) is 5.75 Å². The molecule has 0 aliphatic heterocycles. The number of benzene rings is 2. The molecule has 1 N–H and O–H groups in total. The summed E-state index contributed by atoms with van der Waals surface area (Å²) in [7, 11) is 0. The van der Waals surface area contributed by atoms with Crippen molar-refractivity contribution >= 4 is 10.8 Å². The number of pyridine rings is 1. The van der Waals surface area contributed by atoms with Crippen LogP contribution in [0.4, 0.5) is 0 Å². The number of aromatic nitrogens is 1. The maximum atomic E-state index is 10.6. The van der Waals surface area contributed by atoms with Crippen molar-refractivity contribution < 1.29 is 9.84 Å². The fraction of sp³-hybridized carbons (Fsp3) is 0.167. The van der Waals surface area contributed by atoms with Gasteiger partial charge < -0.3 is 9.84 Å². The Kier molecular flexibility index (Phi) is 3.84. The molecule has 1 atom stereocenters. The highest BCUT2D eigenvalue weighted by molar-refractivity contribution is 5.85. The molecule has 106 valence electrons. The van der Waals surface area contributed by atoms with Gasteiger partial charge in [-0.1, -0.05) is 36.4 Å². The summed E-state index contributed by atoms with van der Waals surface area (Å²) in [6.45, 7) is 2.58. The van der Waals surface area contributed by atoms with Gasteiger partial charge in [0.05, 0.1) is 6.61 Å². The summed E-state index contributed by atoms with van der Waals surface area (Å²) >= 11 is 0. The largest absolute Gasteiger partial charge is 0.494 e. The van der Waals surface area contributed by atoms with Crippen molar-refractivity contribution in [3.63, 3.8) is 0 Å². The van der Waals surface area contributed by atoms with Crippen molar-refractivity contribution in [1.82, 2.24) is 4.98 Å². The van der Waals surface area contributed by atoms with E-state index in [1.807, 2.05) is 61.7 Å². The molecule has 3 heteroatoms. The third kappa shape index (κ3) is 2.73. The van der Waals surface area contributed by atoms with Gasteiger partial charge in [0.25, 0.3) is 0 Å². The first-order valence-electron chi connectivity index (χ1n) is 7.03. The molecule has 0 saturated heterocycles. The molecular formula is C18H17NO2. The van der Waals surface area contributed by atoms with E-state index in [2.05, 4.69) is 4.98 Å². The van der Waals surface area contributed by atoms with E-state index in [-0.39, 0.29) is 0 Å². The van der Waals surface area contributed by atoms with Crippen LogP contribution in [0.25, 0.3) is 10.8 Å². The molecule has 3 nitrogen and oxygen atoms in total. The van der Waals surface area contributed by atoms with E-state index in [0.29, 0.717) is 6.61 Å². The van der Waals surface area contributed by atoms with E-state index in [4.69, 9.17) is 4.74 Å². The minimum atomic E-state index is -0.695. The Morgan fingerprint density at radius 2 is 1.81 bits per heavy atom. The Hall–Kier alpha value is -2.39. The van der Waals surface area contributed by atoms with E-state index in [1.54, 1.807) is 6.20 Å². The zero-order chi connectivity index (χ0) is 14.7. The highest BCUT2D eigenvalue weighted by Crippen LogP contribution is 2.28. The molecule has 3 rings (SSSR count). The van der Waals surface area contributed by atoms with Gasteiger partial charge in [0.15, 0.2) is 0 Å². The summed E-state index contributed by atoms with van der Waals surface area (Å²) in [5, 5.41) is 12.7. The second kappa shape index (κ2) is 5.94. The van der Waals surface area contributed by atoms with Crippen molar-refractivity contribution in [2.75, 3.05) is 6.61 Å². The number of aliphatic hydroxyl groups excluding tert-OH is 1. The number of rotatable bonds is 4. The van der Waals surface area contributed by atoms with Crippen LogP contribution >= 0.6 is 0 Å². The van der Waals surface area contributed by atoms with Gasteiger partial charge in [-0.3, -0.25) is 4.98 Å². The van der Waals surface area contributed by atoms with Gasteiger partial charge in [0.1, 0.15) is 11.9 Å². The lowest BCUT2D eigenvalue weighted by atomic mass is 9.98. The van der Waals surface area contributed by atoms with E-state index in [0.717, 1.165) is 27.6 Å². The minimum Gasteiger partial charge on any atom is -0.494 e. The van der Waals surface area contributed by atoms with Gasteiger partial charge >= 0.3 is 0 Å². The van der Waals surface area contributed by atoms with Crippen LogP contribution in [0.15, 0.2) is 60.9 Å². The minimum absolute atomic E-state index is 0.634. The summed E-state index contributed by atoms with van der Waals surface area (Å²) in [4.78, 5) is 4.22. The second-order valence-corrected chi connectivity index (χ2v) is 4.85. The van der Waals surface area contributed by atoms with Crippen LogP contribution in [0.5, 0.6) is 5.75 Å². The number of aliphatic hydroxyl groups is 1. The molecule has 0 fully saturated rings. The summed E-state index contributed by atoms with van der Waals surface area (Å²) in [6, 6.07) is 15.5. The summed E-state index contributed by atoms with van der Waals surface area (Å²) < 4.78 is 5.42. The Bertz CT molecular complexity index is 732. The Morgan fingerprint density at radius 3 is 2.57 bits per heavy atom. The zero-order valence-corrected chi connectivity index (χ0v) is 11.9. The lowest BCUT2D eigenvalue weighted by Crippen LogP contribution is -2.01. The SMILES string of the molecule is CCOc1ccc(C(O)c2cncc3ccccc23)cc1. The molecule has 0 aliphatic carbocycles. The van der Waals surface area contributed by atoms with E-state index in [9.17, 15) is 5.11 Å². The van der Waals surface area contributed by atoms with E-state index < -0.39 is 6.10 Å². The third-order valence-electron chi connectivity index (χ3n) is 3.50. The molecule has 0 radical (unpaired) electrons. The Morgan fingerprint density at radius 1 is 1.05 bits per heavy atom. The molecule has 3 aromatic rings.